The van der Waals surface area contributed by atoms with Crippen molar-refractivity contribution in [2.75, 3.05) is 0 Å². The SMILES string of the molecule is CC(C)(C)N([Si]N(C(C)(C)C)C(C)(C)C)C(C)(C)C. The lowest BCUT2D eigenvalue weighted by Gasteiger charge is -2.53. The van der Waals surface area contributed by atoms with Gasteiger partial charge < -0.3 is 9.13 Å². The molecule has 0 saturated heterocycles. The molecule has 0 rings (SSSR count). The maximum absolute atomic E-state index is 2.62. The number of rotatable bonds is 2. The maximum atomic E-state index is 2.62. The molecule has 0 bridgehead atoms. The van der Waals surface area contributed by atoms with Gasteiger partial charge in [0.15, 0.2) is 0 Å². The molecule has 0 aromatic heterocycles. The summed E-state index contributed by atoms with van der Waals surface area (Å²) in [4.78, 5) is 0. The van der Waals surface area contributed by atoms with Gasteiger partial charge in [0.1, 0.15) is 0 Å². The largest absolute Gasteiger partial charge is 0.303 e. The highest BCUT2D eigenvalue weighted by atomic mass is 28.2. The van der Waals surface area contributed by atoms with Gasteiger partial charge in [-0.3, -0.25) is 0 Å². The zero-order valence-electron chi connectivity index (χ0n) is 15.4. The van der Waals surface area contributed by atoms with Crippen LogP contribution in [0.3, 0.4) is 0 Å². The summed E-state index contributed by atoms with van der Waals surface area (Å²) >= 11 is 0. The zero-order valence-corrected chi connectivity index (χ0v) is 16.4. The lowest BCUT2D eigenvalue weighted by atomic mass is 10.0. The van der Waals surface area contributed by atoms with E-state index in [0.29, 0.717) is 9.84 Å². The van der Waals surface area contributed by atoms with E-state index < -0.39 is 0 Å². The lowest BCUT2D eigenvalue weighted by Crippen LogP contribution is -2.65. The molecule has 0 N–H and O–H groups in total. The molecule has 0 aliphatic carbocycles. The van der Waals surface area contributed by atoms with Crippen LogP contribution in [0.25, 0.3) is 0 Å². The second-order valence-corrected chi connectivity index (χ2v) is 10.5. The van der Waals surface area contributed by atoms with E-state index in [1.807, 2.05) is 0 Å². The van der Waals surface area contributed by atoms with Gasteiger partial charge in [0.25, 0.3) is 9.84 Å². The maximum Gasteiger partial charge on any atom is 0.253 e. The van der Waals surface area contributed by atoms with Crippen molar-refractivity contribution in [1.82, 2.24) is 9.13 Å². The van der Waals surface area contributed by atoms with Gasteiger partial charge >= 0.3 is 0 Å². The average Bonchev–Trinajstić information content (AvgIpc) is 1.91. The van der Waals surface area contributed by atoms with Crippen LogP contribution in [0.1, 0.15) is 83.1 Å². The molecular weight excluding hydrogens is 248 g/mol. The first-order valence-electron chi connectivity index (χ1n) is 7.34. The van der Waals surface area contributed by atoms with Crippen molar-refractivity contribution in [3.8, 4) is 0 Å². The van der Waals surface area contributed by atoms with Gasteiger partial charge in [-0.1, -0.05) is 0 Å². The van der Waals surface area contributed by atoms with Crippen molar-refractivity contribution in [2.45, 2.75) is 105 Å². The molecule has 0 aliphatic rings. The van der Waals surface area contributed by atoms with Gasteiger partial charge in [-0.2, -0.15) is 0 Å². The normalized spacial score (nSPS) is 15.5. The molecule has 2 radical (unpaired) electrons. The molecule has 0 heterocycles. The van der Waals surface area contributed by atoms with Gasteiger partial charge in [-0.25, -0.2) is 0 Å². The van der Waals surface area contributed by atoms with E-state index in [-0.39, 0.29) is 22.2 Å². The predicted octanol–water partition coefficient (Wildman–Crippen LogP) is 4.32. The Labute approximate surface area is 124 Å². The van der Waals surface area contributed by atoms with Gasteiger partial charge in [0, 0.05) is 22.2 Å². The third-order valence-corrected chi connectivity index (χ3v) is 5.97. The van der Waals surface area contributed by atoms with E-state index in [9.17, 15) is 0 Å². The van der Waals surface area contributed by atoms with Gasteiger partial charge in [0.2, 0.25) is 0 Å². The highest BCUT2D eigenvalue weighted by molar-refractivity contribution is 6.29. The molecule has 0 amide bonds. The number of hydrogen-bond acceptors (Lipinski definition) is 2. The van der Waals surface area contributed by atoms with Crippen LogP contribution in [0.5, 0.6) is 0 Å². The van der Waals surface area contributed by atoms with Crippen LogP contribution in [0, 0.1) is 0 Å². The Kier molecular flexibility index (Phi) is 5.53. The second kappa shape index (κ2) is 5.49. The van der Waals surface area contributed by atoms with Crippen LogP contribution in [-0.2, 0) is 0 Å². The van der Waals surface area contributed by atoms with E-state index in [0.717, 1.165) is 0 Å². The molecule has 0 atom stereocenters. The number of hydrogen-bond donors (Lipinski definition) is 0. The first-order valence-corrected chi connectivity index (χ1v) is 8.24. The summed E-state index contributed by atoms with van der Waals surface area (Å²) in [7, 11) is 0.687. The fraction of sp³-hybridized carbons (Fsp3) is 1.00. The van der Waals surface area contributed by atoms with Crippen LogP contribution in [0.2, 0.25) is 0 Å². The smallest absolute Gasteiger partial charge is 0.253 e. The van der Waals surface area contributed by atoms with E-state index >= 15 is 0 Å². The summed E-state index contributed by atoms with van der Waals surface area (Å²) in [6.07, 6.45) is 0. The monoisotopic (exact) mass is 284 g/mol. The van der Waals surface area contributed by atoms with Crippen molar-refractivity contribution in [3.63, 3.8) is 0 Å². The fourth-order valence-corrected chi connectivity index (χ4v) is 4.11. The quantitative estimate of drug-likeness (QED) is 0.697. The molecule has 19 heavy (non-hydrogen) atoms. The Morgan fingerprint density at radius 2 is 0.579 bits per heavy atom. The molecule has 0 aromatic rings. The Bertz CT molecular complexity index is 226. The van der Waals surface area contributed by atoms with Crippen molar-refractivity contribution in [1.29, 1.82) is 0 Å². The van der Waals surface area contributed by atoms with Crippen LogP contribution < -0.4 is 0 Å². The van der Waals surface area contributed by atoms with Gasteiger partial charge in [0.05, 0.1) is 0 Å². The van der Waals surface area contributed by atoms with Crippen molar-refractivity contribution < 1.29 is 0 Å². The number of nitrogens with zero attached hydrogens (tertiary/aromatic N) is 2. The van der Waals surface area contributed by atoms with E-state index in [1.54, 1.807) is 0 Å². The molecule has 0 spiro atoms. The highest BCUT2D eigenvalue weighted by Crippen LogP contribution is 2.29. The van der Waals surface area contributed by atoms with Crippen LogP contribution in [0.15, 0.2) is 0 Å². The fourth-order valence-electron chi connectivity index (χ4n) is 2.71. The minimum absolute atomic E-state index is 0.172. The van der Waals surface area contributed by atoms with Crippen LogP contribution >= 0.6 is 0 Å². The van der Waals surface area contributed by atoms with Crippen molar-refractivity contribution in [3.05, 3.63) is 0 Å². The minimum atomic E-state index is 0.172. The summed E-state index contributed by atoms with van der Waals surface area (Å²) in [5.41, 5.74) is 0.688. The predicted molar refractivity (Wildman–Crippen MR) is 88.4 cm³/mol. The molecular formula is C16H36N2Si. The summed E-state index contributed by atoms with van der Waals surface area (Å²) < 4.78 is 5.24. The first kappa shape index (κ1) is 19.1. The first-order chi connectivity index (χ1) is 7.97. The third kappa shape index (κ3) is 5.97. The van der Waals surface area contributed by atoms with Crippen LogP contribution in [0.4, 0.5) is 0 Å². The summed E-state index contributed by atoms with van der Waals surface area (Å²) in [5.74, 6) is 0. The Balaban J connectivity index is 5.43. The topological polar surface area (TPSA) is 6.48 Å². The summed E-state index contributed by atoms with van der Waals surface area (Å²) in [6.45, 7) is 27.8. The molecule has 2 nitrogen and oxygen atoms in total. The molecule has 0 aromatic carbocycles. The van der Waals surface area contributed by atoms with E-state index in [1.165, 1.54) is 0 Å². The Morgan fingerprint density at radius 3 is 0.684 bits per heavy atom. The van der Waals surface area contributed by atoms with Crippen molar-refractivity contribution in [2.24, 2.45) is 0 Å². The van der Waals surface area contributed by atoms with E-state index in [2.05, 4.69) is 92.2 Å². The Morgan fingerprint density at radius 1 is 0.421 bits per heavy atom. The van der Waals surface area contributed by atoms with Crippen molar-refractivity contribution >= 4 is 9.84 Å². The summed E-state index contributed by atoms with van der Waals surface area (Å²) in [5, 5.41) is 0. The summed E-state index contributed by atoms with van der Waals surface area (Å²) in [6, 6.07) is 0. The minimum Gasteiger partial charge on any atom is -0.303 e. The standard InChI is InChI=1S/C16H36N2Si/c1-13(2,3)17(14(4,5)6)19-18(15(7,8)9)16(10,11)12/h1-12H3. The van der Waals surface area contributed by atoms with E-state index in [4.69, 9.17) is 0 Å². The van der Waals surface area contributed by atoms with Crippen LogP contribution in [-0.4, -0.2) is 41.1 Å². The van der Waals surface area contributed by atoms with Gasteiger partial charge in [-0.15, -0.1) is 0 Å². The van der Waals surface area contributed by atoms with Gasteiger partial charge in [-0.05, 0) is 83.1 Å². The molecule has 0 unspecified atom stereocenters. The molecule has 0 aliphatic heterocycles. The molecule has 3 heteroatoms. The average molecular weight is 285 g/mol. The third-order valence-electron chi connectivity index (χ3n) is 2.88. The molecule has 114 valence electrons. The molecule has 0 fully saturated rings. The Hall–Kier alpha value is 0.137. The molecule has 0 saturated carbocycles. The second-order valence-electron chi connectivity index (χ2n) is 9.45. The zero-order chi connectivity index (χ0) is 15.9. The highest BCUT2D eigenvalue weighted by Gasteiger charge is 2.40. The lowest BCUT2D eigenvalue weighted by molar-refractivity contribution is 0.0789.